The molecule has 2 saturated carbocycles. The van der Waals surface area contributed by atoms with Gasteiger partial charge >= 0.3 is 6.09 Å². The first-order valence-corrected chi connectivity index (χ1v) is 14.2. The van der Waals surface area contributed by atoms with Crippen molar-refractivity contribution in [2.24, 2.45) is 11.3 Å². The van der Waals surface area contributed by atoms with Gasteiger partial charge in [-0.15, -0.1) is 0 Å². The number of amides is 3. The van der Waals surface area contributed by atoms with Gasteiger partial charge in [0.2, 0.25) is 11.8 Å². The molecule has 0 bridgehead atoms. The van der Waals surface area contributed by atoms with E-state index in [1.807, 2.05) is 30.3 Å². The summed E-state index contributed by atoms with van der Waals surface area (Å²) >= 11 is 0. The molecule has 3 aliphatic carbocycles. The van der Waals surface area contributed by atoms with E-state index in [1.165, 1.54) is 12.0 Å². The molecule has 0 radical (unpaired) electrons. The molecule has 1 spiro atoms. The van der Waals surface area contributed by atoms with Crippen molar-refractivity contribution in [1.29, 1.82) is 0 Å². The maximum atomic E-state index is 12.6. The van der Waals surface area contributed by atoms with E-state index in [2.05, 4.69) is 64.5 Å². The molecule has 2 atom stereocenters. The van der Waals surface area contributed by atoms with Crippen LogP contribution in [-0.2, 0) is 20.7 Å². The molecule has 3 aromatic rings. The van der Waals surface area contributed by atoms with E-state index in [0.717, 1.165) is 47.9 Å². The highest BCUT2D eigenvalue weighted by atomic mass is 16.5. The lowest BCUT2D eigenvalue weighted by Gasteiger charge is -2.62. The van der Waals surface area contributed by atoms with E-state index in [-0.39, 0.29) is 43.0 Å². The maximum absolute atomic E-state index is 12.6. The van der Waals surface area contributed by atoms with Gasteiger partial charge in [-0.2, -0.15) is 0 Å². The number of hydrogen-bond donors (Lipinski definition) is 3. The zero-order valence-electron chi connectivity index (χ0n) is 22.5. The second kappa shape index (κ2) is 11.2. The Labute approximate surface area is 234 Å². The van der Waals surface area contributed by atoms with Crippen molar-refractivity contribution >= 4 is 17.9 Å². The molecule has 0 saturated heterocycles. The number of carbonyl (C=O) groups excluding carboxylic acids is 3. The Bertz CT molecular complexity index is 1360. The van der Waals surface area contributed by atoms with Crippen LogP contribution in [0.3, 0.4) is 0 Å². The summed E-state index contributed by atoms with van der Waals surface area (Å²) in [6.07, 6.45) is 4.85. The van der Waals surface area contributed by atoms with Gasteiger partial charge in [-0.05, 0) is 64.8 Å². The van der Waals surface area contributed by atoms with Crippen molar-refractivity contribution < 1.29 is 19.1 Å². The predicted octanol–water partition coefficient (Wildman–Crippen LogP) is 4.56. The van der Waals surface area contributed by atoms with Crippen LogP contribution in [0, 0.1) is 11.3 Å². The normalized spacial score (nSPS) is 19.9. The van der Waals surface area contributed by atoms with Gasteiger partial charge in [0.05, 0.1) is 6.54 Å². The summed E-state index contributed by atoms with van der Waals surface area (Å²) in [5, 5.41) is 8.25. The van der Waals surface area contributed by atoms with Crippen LogP contribution in [0.2, 0.25) is 0 Å². The Balaban J connectivity index is 0.917. The van der Waals surface area contributed by atoms with Crippen LogP contribution in [0.15, 0.2) is 78.9 Å². The van der Waals surface area contributed by atoms with Crippen molar-refractivity contribution in [1.82, 2.24) is 16.0 Å². The third-order valence-electron chi connectivity index (χ3n) is 9.15. The van der Waals surface area contributed by atoms with E-state index in [1.54, 1.807) is 0 Å². The molecule has 3 N–H and O–H groups in total. The summed E-state index contributed by atoms with van der Waals surface area (Å²) < 4.78 is 5.48. The van der Waals surface area contributed by atoms with Gasteiger partial charge < -0.3 is 20.7 Å². The second-order valence-electron chi connectivity index (χ2n) is 11.3. The molecule has 7 nitrogen and oxygen atoms in total. The molecular weight excluding hydrogens is 502 g/mol. The average molecular weight is 538 g/mol. The average Bonchev–Trinajstić information content (AvgIpc) is 3.26. The van der Waals surface area contributed by atoms with Crippen LogP contribution >= 0.6 is 0 Å². The SMILES string of the molecule is O=C(CNC(=O)OCC1c2ccccc2-c2ccccc21)NCC(=O)NC1CC(Cc2ccccc2)C12CCC2. The lowest BCUT2D eigenvalue weighted by Crippen LogP contribution is -2.65. The van der Waals surface area contributed by atoms with Gasteiger partial charge in [-0.3, -0.25) is 9.59 Å². The van der Waals surface area contributed by atoms with Crippen molar-refractivity contribution in [2.75, 3.05) is 19.7 Å². The fourth-order valence-corrected chi connectivity index (χ4v) is 6.90. The third-order valence-corrected chi connectivity index (χ3v) is 9.15. The summed E-state index contributed by atoms with van der Waals surface area (Å²) in [5.41, 5.74) is 6.10. The summed E-state index contributed by atoms with van der Waals surface area (Å²) in [6.45, 7) is -0.185. The number of benzene rings is 3. The highest BCUT2D eigenvalue weighted by Gasteiger charge is 2.58. The van der Waals surface area contributed by atoms with Gasteiger partial charge in [-0.25, -0.2) is 4.79 Å². The minimum atomic E-state index is -0.660. The third kappa shape index (κ3) is 5.08. The number of hydrogen-bond acceptors (Lipinski definition) is 4. The monoisotopic (exact) mass is 537 g/mol. The molecule has 2 fully saturated rings. The standard InChI is InChI=1S/C33H35N3O4/c37-30(19-35-32(39)40-21-28-26-13-6-4-11-24(26)25-12-5-7-14-27(25)28)34-20-31(38)36-29-18-23(33(29)15-8-16-33)17-22-9-2-1-3-10-22/h1-7,9-14,23,28-29H,8,15-21H2,(H,34,37)(H,35,39)(H,36,38). The van der Waals surface area contributed by atoms with Crippen LogP contribution < -0.4 is 16.0 Å². The van der Waals surface area contributed by atoms with Gasteiger partial charge in [0.25, 0.3) is 0 Å². The van der Waals surface area contributed by atoms with E-state index in [9.17, 15) is 14.4 Å². The first kappa shape index (κ1) is 26.1. The van der Waals surface area contributed by atoms with Gasteiger partial charge in [-0.1, -0.05) is 85.3 Å². The number of fused-ring (bicyclic) bond motifs is 3. The zero-order chi connectivity index (χ0) is 27.5. The van der Waals surface area contributed by atoms with E-state index in [0.29, 0.717) is 5.92 Å². The Kier molecular flexibility index (Phi) is 7.29. The molecule has 0 aliphatic heterocycles. The molecule has 40 heavy (non-hydrogen) atoms. The Morgan fingerprint density at radius 3 is 2.05 bits per heavy atom. The Hall–Kier alpha value is -4.13. The number of ether oxygens (including phenoxy) is 1. The number of carbonyl (C=O) groups is 3. The van der Waals surface area contributed by atoms with Crippen molar-refractivity contribution in [3.63, 3.8) is 0 Å². The molecule has 3 amide bonds. The number of rotatable bonds is 9. The number of nitrogens with one attached hydrogen (secondary N) is 3. The fraction of sp³-hybridized carbons (Fsp3) is 0.364. The predicted molar refractivity (Wildman–Crippen MR) is 153 cm³/mol. The highest BCUT2D eigenvalue weighted by molar-refractivity contribution is 5.87. The lowest BCUT2D eigenvalue weighted by atomic mass is 9.46. The first-order valence-electron chi connectivity index (χ1n) is 14.2. The topological polar surface area (TPSA) is 96.5 Å². The Morgan fingerprint density at radius 2 is 1.40 bits per heavy atom. The smallest absolute Gasteiger partial charge is 0.407 e. The molecule has 3 aliphatic rings. The van der Waals surface area contributed by atoms with Gasteiger partial charge in [0, 0.05) is 12.0 Å². The summed E-state index contributed by atoms with van der Waals surface area (Å²) in [7, 11) is 0. The molecule has 6 rings (SSSR count). The molecule has 206 valence electrons. The van der Waals surface area contributed by atoms with Crippen LogP contribution in [0.1, 0.15) is 48.3 Å². The van der Waals surface area contributed by atoms with Crippen LogP contribution in [0.25, 0.3) is 11.1 Å². The maximum Gasteiger partial charge on any atom is 0.407 e. The van der Waals surface area contributed by atoms with Crippen molar-refractivity contribution in [3.8, 4) is 11.1 Å². The fourth-order valence-electron chi connectivity index (χ4n) is 6.90. The zero-order valence-corrected chi connectivity index (χ0v) is 22.5. The van der Waals surface area contributed by atoms with E-state index < -0.39 is 12.0 Å². The minimum absolute atomic E-state index is 0.0478. The molecule has 3 aromatic carbocycles. The van der Waals surface area contributed by atoms with Crippen LogP contribution in [0.5, 0.6) is 0 Å². The quantitative estimate of drug-likeness (QED) is 0.373. The van der Waals surface area contributed by atoms with Crippen molar-refractivity contribution in [3.05, 3.63) is 95.6 Å². The molecular formula is C33H35N3O4. The van der Waals surface area contributed by atoms with Crippen LogP contribution in [0.4, 0.5) is 4.79 Å². The Morgan fingerprint density at radius 1 is 0.775 bits per heavy atom. The minimum Gasteiger partial charge on any atom is -0.449 e. The summed E-state index contributed by atoms with van der Waals surface area (Å²) in [6, 6.07) is 26.9. The van der Waals surface area contributed by atoms with Crippen molar-refractivity contribution in [2.45, 2.75) is 44.1 Å². The van der Waals surface area contributed by atoms with Gasteiger partial charge in [0.1, 0.15) is 13.2 Å². The first-order chi connectivity index (χ1) is 19.5. The van der Waals surface area contributed by atoms with Crippen LogP contribution in [-0.4, -0.2) is 43.6 Å². The second-order valence-corrected chi connectivity index (χ2v) is 11.3. The summed E-state index contributed by atoms with van der Waals surface area (Å²) in [4.78, 5) is 37.2. The summed E-state index contributed by atoms with van der Waals surface area (Å²) in [5.74, 6) is -0.0834. The number of alkyl carbamates (subject to hydrolysis) is 1. The lowest BCUT2D eigenvalue weighted by molar-refractivity contribution is -0.134. The molecule has 0 aromatic heterocycles. The molecule has 0 heterocycles. The van der Waals surface area contributed by atoms with E-state index in [4.69, 9.17) is 4.74 Å². The van der Waals surface area contributed by atoms with E-state index >= 15 is 0 Å². The van der Waals surface area contributed by atoms with Gasteiger partial charge in [0.15, 0.2) is 0 Å². The molecule has 2 unspecified atom stereocenters. The molecule has 7 heteroatoms. The highest BCUT2D eigenvalue weighted by Crippen LogP contribution is 2.60. The largest absolute Gasteiger partial charge is 0.449 e.